The van der Waals surface area contributed by atoms with Crippen LogP contribution in [-0.4, -0.2) is 54.4 Å². The van der Waals surface area contributed by atoms with E-state index < -0.39 is 18.4 Å². The van der Waals surface area contributed by atoms with Gasteiger partial charge in [0.1, 0.15) is 6.10 Å². The summed E-state index contributed by atoms with van der Waals surface area (Å²) < 4.78 is 15.6. The first-order valence-electron chi connectivity index (χ1n) is 14.8. The van der Waals surface area contributed by atoms with Gasteiger partial charge in [-0.3, -0.25) is 4.79 Å². The Morgan fingerprint density at radius 2 is 1.78 bits per heavy atom. The Morgan fingerprint density at radius 1 is 1.05 bits per heavy atom. The Morgan fingerprint density at radius 3 is 2.43 bits per heavy atom. The van der Waals surface area contributed by atoms with Crippen molar-refractivity contribution in [3.8, 4) is 0 Å². The van der Waals surface area contributed by atoms with E-state index >= 15 is 0 Å². The van der Waals surface area contributed by atoms with Crippen LogP contribution in [0.15, 0.2) is 0 Å². The summed E-state index contributed by atoms with van der Waals surface area (Å²) in [4.78, 5) is 23.8. The number of hydrogen-bond acceptors (Lipinski definition) is 7. The highest BCUT2D eigenvalue weighted by atomic mass is 16.7. The number of esters is 1. The Hall–Kier alpha value is -1.34. The van der Waals surface area contributed by atoms with Gasteiger partial charge in [-0.2, -0.15) is 0 Å². The second-order valence-electron chi connectivity index (χ2n) is 13.1. The summed E-state index contributed by atoms with van der Waals surface area (Å²) in [5, 5.41) is 23.8. The van der Waals surface area contributed by atoms with Gasteiger partial charge in [0.25, 0.3) is 0 Å². The third-order valence-corrected chi connectivity index (χ3v) is 11.6. The van der Waals surface area contributed by atoms with Gasteiger partial charge in [0.15, 0.2) is 0 Å². The average Bonchev–Trinajstić information content (AvgIpc) is 3.19. The number of carbonyl (C=O) groups is 2. The third kappa shape index (κ3) is 4.92. The standard InChI is InChI=1S/C30H50O7/c1-7-19-22-15-18(37-28(34)36-8-2)13-14-29(22,4)26-23(31)16-30(5)20(17(3)9-12-24(32)35-6)10-11-21(30)25(26)27(19)33/h17-23,25-27,31,33H,7-16H2,1-6H3/t17-,18-,19-,20-,21+,22+,23+,25+,26+,27-,29+,30-/m1/s1. The lowest BCUT2D eigenvalue weighted by molar-refractivity contribution is -0.236. The van der Waals surface area contributed by atoms with E-state index in [1.807, 2.05) is 0 Å². The van der Waals surface area contributed by atoms with Crippen LogP contribution in [0.25, 0.3) is 0 Å². The van der Waals surface area contributed by atoms with E-state index in [1.54, 1.807) is 6.92 Å². The molecule has 0 aromatic heterocycles. The number of methoxy groups -OCH3 is 1. The van der Waals surface area contributed by atoms with Gasteiger partial charge < -0.3 is 24.4 Å². The molecule has 0 spiro atoms. The summed E-state index contributed by atoms with van der Waals surface area (Å²) in [5.74, 6) is 1.40. The summed E-state index contributed by atoms with van der Waals surface area (Å²) >= 11 is 0. The van der Waals surface area contributed by atoms with E-state index in [2.05, 4.69) is 27.7 Å². The SMILES string of the molecule is CCOC(=O)O[C@@H]1CC[C@]2(C)[C@@H]3[C@@H]([C@H](O)[C@H](CC)[C@@H]2C1)[C@@H]1CC[C@H]([C@H](C)CCC(=O)OC)[C@@]1(C)C[C@@H]3O. The molecule has 0 radical (unpaired) electrons. The minimum Gasteiger partial charge on any atom is -0.469 e. The van der Waals surface area contributed by atoms with Crippen LogP contribution in [0.5, 0.6) is 0 Å². The van der Waals surface area contributed by atoms with Crippen LogP contribution < -0.4 is 0 Å². The van der Waals surface area contributed by atoms with Crippen molar-refractivity contribution in [1.82, 2.24) is 0 Å². The monoisotopic (exact) mass is 522 g/mol. The first-order valence-corrected chi connectivity index (χ1v) is 14.8. The van der Waals surface area contributed by atoms with Crippen molar-refractivity contribution in [1.29, 1.82) is 0 Å². The van der Waals surface area contributed by atoms with E-state index in [9.17, 15) is 19.8 Å². The number of hydrogen-bond donors (Lipinski definition) is 2. The lowest BCUT2D eigenvalue weighted by Crippen LogP contribution is -2.66. The molecule has 0 aliphatic heterocycles. The Kier molecular flexibility index (Phi) is 8.55. The van der Waals surface area contributed by atoms with Gasteiger partial charge in [-0.05, 0) is 104 Å². The molecule has 37 heavy (non-hydrogen) atoms. The number of fused-ring (bicyclic) bond motifs is 5. The maximum Gasteiger partial charge on any atom is 0.508 e. The van der Waals surface area contributed by atoms with Gasteiger partial charge in [0.05, 0.1) is 25.9 Å². The van der Waals surface area contributed by atoms with Crippen molar-refractivity contribution in [2.24, 2.45) is 52.3 Å². The topological polar surface area (TPSA) is 102 Å². The predicted octanol–water partition coefficient (Wildman–Crippen LogP) is 5.35. The number of ether oxygens (including phenoxy) is 3. The van der Waals surface area contributed by atoms with Crippen LogP contribution in [0.4, 0.5) is 4.79 Å². The minimum atomic E-state index is -0.606. The summed E-state index contributed by atoms with van der Waals surface area (Å²) in [6.07, 6.45) is 5.61. The summed E-state index contributed by atoms with van der Waals surface area (Å²) in [6, 6.07) is 0. The van der Waals surface area contributed by atoms with Crippen LogP contribution >= 0.6 is 0 Å². The van der Waals surface area contributed by atoms with Gasteiger partial charge in [-0.25, -0.2) is 4.79 Å². The van der Waals surface area contributed by atoms with E-state index in [4.69, 9.17) is 14.2 Å². The molecule has 0 aromatic carbocycles. The molecule has 12 atom stereocenters. The molecule has 0 aromatic rings. The molecular formula is C30H50O7. The van der Waals surface area contributed by atoms with Crippen LogP contribution in [0, 0.1) is 52.3 Å². The zero-order chi connectivity index (χ0) is 27.1. The number of aliphatic hydroxyl groups excluding tert-OH is 2. The molecule has 4 saturated carbocycles. The number of aliphatic hydroxyl groups is 2. The second kappa shape index (κ2) is 11.0. The van der Waals surface area contributed by atoms with Gasteiger partial charge in [0, 0.05) is 6.42 Å². The van der Waals surface area contributed by atoms with Gasteiger partial charge in [-0.1, -0.05) is 34.1 Å². The van der Waals surface area contributed by atoms with Crippen LogP contribution in [0.1, 0.15) is 92.4 Å². The van der Waals surface area contributed by atoms with E-state index in [-0.39, 0.29) is 46.6 Å². The van der Waals surface area contributed by atoms with Crippen LogP contribution in [0.2, 0.25) is 0 Å². The molecule has 4 rings (SSSR count). The largest absolute Gasteiger partial charge is 0.508 e. The normalized spacial score (nSPS) is 45.7. The van der Waals surface area contributed by atoms with E-state index in [0.717, 1.165) is 51.4 Å². The minimum absolute atomic E-state index is 0.0426. The second-order valence-corrected chi connectivity index (χ2v) is 13.1. The summed E-state index contributed by atoms with van der Waals surface area (Å²) in [7, 11) is 1.44. The van der Waals surface area contributed by atoms with Gasteiger partial charge in [0.2, 0.25) is 0 Å². The van der Waals surface area contributed by atoms with E-state index in [0.29, 0.717) is 30.8 Å². The molecule has 4 aliphatic rings. The fourth-order valence-corrected chi connectivity index (χ4v) is 10.1. The quantitative estimate of drug-likeness (QED) is 0.434. The van der Waals surface area contributed by atoms with Crippen molar-refractivity contribution < 1.29 is 34.0 Å². The van der Waals surface area contributed by atoms with Crippen molar-refractivity contribution in [3.05, 3.63) is 0 Å². The molecule has 4 aliphatic carbocycles. The maximum absolute atomic E-state index is 12.0. The molecule has 7 heteroatoms. The highest BCUT2D eigenvalue weighted by Gasteiger charge is 2.67. The smallest absolute Gasteiger partial charge is 0.469 e. The fourth-order valence-electron chi connectivity index (χ4n) is 10.1. The van der Waals surface area contributed by atoms with Crippen LogP contribution in [-0.2, 0) is 19.0 Å². The Bertz CT molecular complexity index is 831. The fraction of sp³-hybridized carbons (Fsp3) is 0.933. The maximum atomic E-state index is 12.0. The lowest BCUT2D eigenvalue weighted by atomic mass is 9.40. The van der Waals surface area contributed by atoms with Crippen molar-refractivity contribution in [2.45, 2.75) is 111 Å². The summed E-state index contributed by atoms with van der Waals surface area (Å²) in [6.45, 7) is 11.2. The molecule has 0 heterocycles. The van der Waals surface area contributed by atoms with Gasteiger partial charge >= 0.3 is 12.1 Å². The molecule has 0 saturated heterocycles. The van der Waals surface area contributed by atoms with Gasteiger partial charge in [-0.15, -0.1) is 0 Å². The molecule has 4 fully saturated rings. The Balaban J connectivity index is 1.58. The first-order chi connectivity index (χ1) is 17.5. The highest BCUT2D eigenvalue weighted by molar-refractivity contribution is 5.69. The molecule has 7 nitrogen and oxygen atoms in total. The van der Waals surface area contributed by atoms with Crippen molar-refractivity contribution in [3.63, 3.8) is 0 Å². The molecule has 0 bridgehead atoms. The zero-order valence-corrected chi connectivity index (χ0v) is 23.8. The van der Waals surface area contributed by atoms with E-state index in [1.165, 1.54) is 7.11 Å². The third-order valence-electron chi connectivity index (χ3n) is 11.6. The van der Waals surface area contributed by atoms with Crippen LogP contribution in [0.3, 0.4) is 0 Å². The molecule has 0 amide bonds. The Labute approximate surface area is 223 Å². The van der Waals surface area contributed by atoms with Crippen molar-refractivity contribution >= 4 is 12.1 Å². The zero-order valence-electron chi connectivity index (χ0n) is 23.8. The lowest BCUT2D eigenvalue weighted by Gasteiger charge is -2.66. The number of carbonyl (C=O) groups excluding carboxylic acids is 2. The molecule has 0 unspecified atom stereocenters. The first kappa shape index (κ1) is 28.7. The van der Waals surface area contributed by atoms with Crippen molar-refractivity contribution in [2.75, 3.05) is 13.7 Å². The molecular weight excluding hydrogens is 472 g/mol. The molecule has 2 N–H and O–H groups in total. The summed E-state index contributed by atoms with van der Waals surface area (Å²) in [5.41, 5.74) is -0.156. The highest BCUT2D eigenvalue weighted by Crippen LogP contribution is 2.69. The predicted molar refractivity (Wildman–Crippen MR) is 139 cm³/mol. The number of rotatable bonds is 7. The molecule has 212 valence electrons. The average molecular weight is 523 g/mol.